The lowest BCUT2D eigenvalue weighted by Crippen LogP contribution is -2.08. The molecule has 0 spiro atoms. The molecular formula is C16H21NOS. The van der Waals surface area contributed by atoms with Gasteiger partial charge in [0, 0.05) is 6.04 Å². The zero-order chi connectivity index (χ0) is 13.7. The van der Waals surface area contributed by atoms with Crippen molar-refractivity contribution in [2.45, 2.75) is 33.2 Å². The second-order valence-corrected chi connectivity index (χ2v) is 5.55. The quantitative estimate of drug-likeness (QED) is 0.799. The summed E-state index contributed by atoms with van der Waals surface area (Å²) in [5.74, 6) is 0.948. The van der Waals surface area contributed by atoms with Crippen LogP contribution in [0, 0.1) is 6.92 Å². The van der Waals surface area contributed by atoms with E-state index >= 15 is 0 Å². The van der Waals surface area contributed by atoms with Gasteiger partial charge in [0.25, 0.3) is 0 Å². The fraction of sp³-hybridized carbons (Fsp3) is 0.375. The van der Waals surface area contributed by atoms with E-state index in [9.17, 15) is 0 Å². The molecule has 2 rings (SSSR count). The van der Waals surface area contributed by atoms with E-state index in [2.05, 4.69) is 61.1 Å². The van der Waals surface area contributed by atoms with Crippen LogP contribution >= 0.6 is 11.3 Å². The summed E-state index contributed by atoms with van der Waals surface area (Å²) in [5, 5.41) is 7.82. The van der Waals surface area contributed by atoms with Gasteiger partial charge in [-0.25, -0.2) is 0 Å². The molecule has 0 bridgehead atoms. The van der Waals surface area contributed by atoms with Crippen LogP contribution in [0.3, 0.4) is 0 Å². The monoisotopic (exact) mass is 275 g/mol. The third kappa shape index (κ3) is 3.74. The van der Waals surface area contributed by atoms with E-state index in [-0.39, 0.29) is 6.04 Å². The molecule has 0 amide bonds. The third-order valence-electron chi connectivity index (χ3n) is 3.01. The molecule has 0 saturated heterocycles. The fourth-order valence-electron chi connectivity index (χ4n) is 1.92. The van der Waals surface area contributed by atoms with E-state index in [1.807, 2.05) is 0 Å². The van der Waals surface area contributed by atoms with Gasteiger partial charge in [-0.3, -0.25) is 0 Å². The molecule has 1 aromatic carbocycles. The zero-order valence-corrected chi connectivity index (χ0v) is 12.6. The number of ether oxygens (including phenoxy) is 1. The second-order valence-electron chi connectivity index (χ2n) is 4.77. The number of hydrogen-bond acceptors (Lipinski definition) is 3. The lowest BCUT2D eigenvalue weighted by atomic mass is 10.1. The Kier molecular flexibility index (Phi) is 4.86. The highest BCUT2D eigenvalue weighted by atomic mass is 32.1. The summed E-state index contributed by atoms with van der Waals surface area (Å²) in [6.45, 7) is 7.14. The highest BCUT2D eigenvalue weighted by molar-refractivity contribution is 7.07. The van der Waals surface area contributed by atoms with Gasteiger partial charge in [0.1, 0.15) is 5.75 Å². The molecule has 102 valence electrons. The Bertz CT molecular complexity index is 507. The molecule has 0 aliphatic heterocycles. The normalized spacial score (nSPS) is 12.2. The van der Waals surface area contributed by atoms with E-state index in [4.69, 9.17) is 4.74 Å². The minimum Gasteiger partial charge on any atom is -0.491 e. The van der Waals surface area contributed by atoms with Crippen molar-refractivity contribution in [2.24, 2.45) is 0 Å². The standard InChI is InChI=1S/C16H21NOS/c1-4-8-18-16-10-12(2)5-6-15(16)17-13(3)14-7-9-19-11-14/h5-7,9-11,13,17H,4,8H2,1-3H3. The van der Waals surface area contributed by atoms with Crippen molar-refractivity contribution in [1.82, 2.24) is 0 Å². The smallest absolute Gasteiger partial charge is 0.142 e. The van der Waals surface area contributed by atoms with E-state index in [0.717, 1.165) is 24.5 Å². The van der Waals surface area contributed by atoms with Crippen molar-refractivity contribution < 1.29 is 4.74 Å². The Morgan fingerprint density at radius 1 is 1.32 bits per heavy atom. The SMILES string of the molecule is CCCOc1cc(C)ccc1NC(C)c1ccsc1. The highest BCUT2D eigenvalue weighted by Gasteiger charge is 2.09. The summed E-state index contributed by atoms with van der Waals surface area (Å²) >= 11 is 1.73. The Balaban J connectivity index is 2.14. The lowest BCUT2D eigenvalue weighted by molar-refractivity contribution is 0.318. The van der Waals surface area contributed by atoms with Crippen LogP contribution in [-0.4, -0.2) is 6.61 Å². The van der Waals surface area contributed by atoms with Gasteiger partial charge in [-0.05, 0) is 60.4 Å². The minimum atomic E-state index is 0.290. The summed E-state index contributed by atoms with van der Waals surface area (Å²) in [7, 11) is 0. The Morgan fingerprint density at radius 2 is 2.16 bits per heavy atom. The van der Waals surface area contributed by atoms with Crippen LogP contribution in [0.2, 0.25) is 0 Å². The fourth-order valence-corrected chi connectivity index (χ4v) is 2.67. The number of nitrogens with one attached hydrogen (secondary N) is 1. The molecule has 0 aliphatic rings. The number of rotatable bonds is 6. The average Bonchev–Trinajstić information content (AvgIpc) is 2.93. The first-order valence-corrected chi connectivity index (χ1v) is 7.67. The van der Waals surface area contributed by atoms with Crippen molar-refractivity contribution in [3.8, 4) is 5.75 Å². The number of thiophene rings is 1. The van der Waals surface area contributed by atoms with Crippen molar-refractivity contribution in [2.75, 3.05) is 11.9 Å². The molecule has 0 saturated carbocycles. The molecule has 1 heterocycles. The number of benzene rings is 1. The topological polar surface area (TPSA) is 21.3 Å². The van der Waals surface area contributed by atoms with E-state index in [0.29, 0.717) is 0 Å². The van der Waals surface area contributed by atoms with Crippen LogP contribution < -0.4 is 10.1 Å². The molecule has 1 unspecified atom stereocenters. The van der Waals surface area contributed by atoms with Gasteiger partial charge >= 0.3 is 0 Å². The maximum Gasteiger partial charge on any atom is 0.142 e. The molecule has 19 heavy (non-hydrogen) atoms. The summed E-state index contributed by atoms with van der Waals surface area (Å²) in [6.07, 6.45) is 1.02. The van der Waals surface area contributed by atoms with Gasteiger partial charge in [-0.2, -0.15) is 11.3 Å². The number of aryl methyl sites for hydroxylation is 1. The van der Waals surface area contributed by atoms with E-state index < -0.39 is 0 Å². The van der Waals surface area contributed by atoms with Crippen molar-refractivity contribution in [1.29, 1.82) is 0 Å². The maximum atomic E-state index is 5.83. The molecule has 2 aromatic rings. The maximum absolute atomic E-state index is 5.83. The van der Waals surface area contributed by atoms with Crippen LogP contribution in [0.5, 0.6) is 5.75 Å². The van der Waals surface area contributed by atoms with Gasteiger partial charge in [-0.15, -0.1) is 0 Å². The first kappa shape index (κ1) is 13.9. The molecule has 0 aliphatic carbocycles. The molecule has 1 N–H and O–H groups in total. The second kappa shape index (κ2) is 6.62. The largest absolute Gasteiger partial charge is 0.491 e. The predicted molar refractivity (Wildman–Crippen MR) is 83.3 cm³/mol. The van der Waals surface area contributed by atoms with Crippen LogP contribution in [0.25, 0.3) is 0 Å². The Hall–Kier alpha value is -1.48. The van der Waals surface area contributed by atoms with Gasteiger partial charge in [0.15, 0.2) is 0 Å². The van der Waals surface area contributed by atoms with Crippen LogP contribution in [0.1, 0.15) is 37.4 Å². The van der Waals surface area contributed by atoms with Crippen LogP contribution in [0.4, 0.5) is 5.69 Å². The molecule has 0 fully saturated rings. The molecule has 0 radical (unpaired) electrons. The van der Waals surface area contributed by atoms with Crippen molar-refractivity contribution in [3.63, 3.8) is 0 Å². The number of anilines is 1. The first-order chi connectivity index (χ1) is 9.20. The van der Waals surface area contributed by atoms with Crippen molar-refractivity contribution in [3.05, 3.63) is 46.2 Å². The van der Waals surface area contributed by atoms with Crippen LogP contribution in [0.15, 0.2) is 35.0 Å². The highest BCUT2D eigenvalue weighted by Crippen LogP contribution is 2.30. The van der Waals surface area contributed by atoms with Gasteiger partial charge in [0.2, 0.25) is 0 Å². The summed E-state index contributed by atoms with van der Waals surface area (Å²) < 4.78 is 5.83. The minimum absolute atomic E-state index is 0.290. The number of hydrogen-bond donors (Lipinski definition) is 1. The van der Waals surface area contributed by atoms with Gasteiger partial charge < -0.3 is 10.1 Å². The summed E-state index contributed by atoms with van der Waals surface area (Å²) in [4.78, 5) is 0. The van der Waals surface area contributed by atoms with E-state index in [1.165, 1.54) is 11.1 Å². The summed E-state index contributed by atoms with van der Waals surface area (Å²) in [5.41, 5.74) is 3.60. The van der Waals surface area contributed by atoms with Crippen molar-refractivity contribution >= 4 is 17.0 Å². The lowest BCUT2D eigenvalue weighted by Gasteiger charge is -2.18. The summed E-state index contributed by atoms with van der Waals surface area (Å²) in [6, 6.07) is 8.75. The third-order valence-corrected chi connectivity index (χ3v) is 3.72. The van der Waals surface area contributed by atoms with Gasteiger partial charge in [-0.1, -0.05) is 13.0 Å². The first-order valence-electron chi connectivity index (χ1n) is 6.72. The predicted octanol–water partition coefficient (Wildman–Crippen LogP) is 5.02. The molecule has 2 nitrogen and oxygen atoms in total. The molecular weight excluding hydrogens is 254 g/mol. The van der Waals surface area contributed by atoms with Crippen LogP contribution in [-0.2, 0) is 0 Å². The Morgan fingerprint density at radius 3 is 2.84 bits per heavy atom. The molecule has 3 heteroatoms. The van der Waals surface area contributed by atoms with E-state index in [1.54, 1.807) is 11.3 Å². The average molecular weight is 275 g/mol. The molecule has 1 aromatic heterocycles. The Labute approximate surface area is 119 Å². The zero-order valence-electron chi connectivity index (χ0n) is 11.8. The molecule has 1 atom stereocenters. The van der Waals surface area contributed by atoms with Gasteiger partial charge in [0.05, 0.1) is 12.3 Å².